The maximum absolute atomic E-state index is 14.5. The summed E-state index contributed by atoms with van der Waals surface area (Å²) in [5.74, 6) is 0.957. The topological polar surface area (TPSA) is 82.0 Å². The number of anilines is 1. The number of rotatable bonds is 7. The van der Waals surface area contributed by atoms with E-state index in [-0.39, 0.29) is 29.3 Å². The highest BCUT2D eigenvalue weighted by Gasteiger charge is 2.49. The fourth-order valence-corrected chi connectivity index (χ4v) is 8.76. The molecule has 1 aliphatic carbocycles. The zero-order valence-corrected chi connectivity index (χ0v) is 25.5. The summed E-state index contributed by atoms with van der Waals surface area (Å²) >= 11 is 6.63. The maximum Gasteiger partial charge on any atom is 0.246 e. The monoisotopic (exact) mass is 617 g/mol. The number of carbonyl (C=O) groups is 1. The largest absolute Gasteiger partial charge is 0.508 e. The van der Waals surface area contributed by atoms with Gasteiger partial charge in [-0.2, -0.15) is 0 Å². The first-order chi connectivity index (χ1) is 21.3. The predicted molar refractivity (Wildman–Crippen MR) is 168 cm³/mol. The third-order valence-corrected chi connectivity index (χ3v) is 10.8. The van der Waals surface area contributed by atoms with E-state index in [9.17, 15) is 14.3 Å². The molecule has 4 atom stereocenters. The van der Waals surface area contributed by atoms with Crippen LogP contribution >= 0.6 is 11.6 Å². The zero-order chi connectivity index (χ0) is 30.2. The number of carbonyl (C=O) groups excluding carboxylic acids is 1. The number of aromatic nitrogens is 2. The molecule has 6 heterocycles. The van der Waals surface area contributed by atoms with Crippen molar-refractivity contribution in [3.8, 4) is 22.9 Å². The van der Waals surface area contributed by atoms with Crippen LogP contribution in [0.15, 0.2) is 43.1 Å². The molecule has 230 valence electrons. The number of ether oxygens (including phenoxy) is 1. The van der Waals surface area contributed by atoms with Gasteiger partial charge in [0.05, 0.1) is 22.4 Å². The van der Waals surface area contributed by atoms with Crippen LogP contribution in [0.5, 0.6) is 11.6 Å². The molecule has 1 saturated carbocycles. The van der Waals surface area contributed by atoms with Gasteiger partial charge in [-0.3, -0.25) is 14.7 Å². The summed E-state index contributed by atoms with van der Waals surface area (Å²) < 4.78 is 21.0. The van der Waals surface area contributed by atoms with E-state index < -0.39 is 6.17 Å². The number of pyridine rings is 2. The molecule has 8 rings (SSSR count). The number of benzene rings is 1. The van der Waals surface area contributed by atoms with Gasteiger partial charge in [0.2, 0.25) is 11.8 Å². The van der Waals surface area contributed by atoms with Crippen molar-refractivity contribution in [2.45, 2.75) is 74.7 Å². The lowest BCUT2D eigenvalue weighted by atomic mass is 9.95. The van der Waals surface area contributed by atoms with Crippen molar-refractivity contribution >= 4 is 34.1 Å². The second-order valence-corrected chi connectivity index (χ2v) is 13.7. The molecule has 2 bridgehead atoms. The molecule has 0 radical (unpaired) electrons. The summed E-state index contributed by atoms with van der Waals surface area (Å²) in [5.41, 5.74) is 3.96. The van der Waals surface area contributed by atoms with Crippen molar-refractivity contribution in [3.63, 3.8) is 0 Å². The average molecular weight is 618 g/mol. The molecular weight excluding hydrogens is 581 g/mol. The second kappa shape index (κ2) is 10.6. The van der Waals surface area contributed by atoms with E-state index in [2.05, 4.69) is 16.4 Å². The highest BCUT2D eigenvalue weighted by molar-refractivity contribution is 6.32. The fourth-order valence-electron chi connectivity index (χ4n) is 8.39. The molecule has 10 heteroatoms. The summed E-state index contributed by atoms with van der Waals surface area (Å²) in [6.45, 7) is 6.89. The molecule has 2 aromatic heterocycles. The predicted octanol–water partition coefficient (Wildman–Crippen LogP) is 5.85. The van der Waals surface area contributed by atoms with Gasteiger partial charge in [-0.05, 0) is 80.8 Å². The summed E-state index contributed by atoms with van der Waals surface area (Å²) in [4.78, 5) is 29.1. The van der Waals surface area contributed by atoms with E-state index in [1.54, 1.807) is 12.1 Å². The third-order valence-electron chi connectivity index (χ3n) is 10.5. The van der Waals surface area contributed by atoms with Crippen LogP contribution in [0.4, 0.5) is 10.1 Å². The van der Waals surface area contributed by atoms with Crippen molar-refractivity contribution in [2.75, 3.05) is 37.7 Å². The van der Waals surface area contributed by atoms with Crippen molar-refractivity contribution in [3.05, 3.63) is 53.7 Å². The van der Waals surface area contributed by atoms with Crippen LogP contribution < -0.4 is 9.64 Å². The Morgan fingerprint density at radius 3 is 2.70 bits per heavy atom. The van der Waals surface area contributed by atoms with Gasteiger partial charge in [0.1, 0.15) is 18.5 Å². The molecule has 1 amide bonds. The van der Waals surface area contributed by atoms with Gasteiger partial charge in [0.25, 0.3) is 0 Å². The first-order valence-electron chi connectivity index (χ1n) is 15.9. The first-order valence-corrected chi connectivity index (χ1v) is 16.2. The molecule has 4 unspecified atom stereocenters. The summed E-state index contributed by atoms with van der Waals surface area (Å²) in [7, 11) is 0. The van der Waals surface area contributed by atoms with E-state index in [1.807, 2.05) is 23.2 Å². The van der Waals surface area contributed by atoms with Crippen LogP contribution in [0.3, 0.4) is 0 Å². The maximum atomic E-state index is 14.5. The SMILES string of the molecule is C=CC(=O)N1C2CCC1CN(c1cc(OCC34CCCN3CC(F)C4)nc3cc(-c4cc(O)cc(Cl)c4C4CC4)ncc13)C2. The number of aromatic hydroxyl groups is 1. The minimum atomic E-state index is -0.826. The average Bonchev–Trinajstić information content (AvgIpc) is 3.62. The zero-order valence-electron chi connectivity index (χ0n) is 24.7. The number of phenols is 1. The molecule has 3 aromatic rings. The normalized spacial score (nSPS) is 28.1. The minimum absolute atomic E-state index is 0.00795. The number of hydrogen-bond donors (Lipinski definition) is 1. The van der Waals surface area contributed by atoms with Crippen LogP contribution in [0.1, 0.15) is 56.4 Å². The second-order valence-electron chi connectivity index (χ2n) is 13.3. The number of alkyl halides is 1. The molecular formula is C34H37ClFN5O3. The van der Waals surface area contributed by atoms with Crippen LogP contribution in [0.2, 0.25) is 5.02 Å². The van der Waals surface area contributed by atoms with Crippen LogP contribution in [0.25, 0.3) is 22.2 Å². The van der Waals surface area contributed by atoms with E-state index in [0.29, 0.717) is 55.2 Å². The van der Waals surface area contributed by atoms with Crippen molar-refractivity contribution in [1.29, 1.82) is 0 Å². The van der Waals surface area contributed by atoms with E-state index in [1.165, 1.54) is 6.08 Å². The fraction of sp³-hybridized carbons (Fsp3) is 0.500. The molecule has 5 aliphatic rings. The van der Waals surface area contributed by atoms with Crippen molar-refractivity contribution in [1.82, 2.24) is 19.8 Å². The van der Waals surface area contributed by atoms with Gasteiger partial charge >= 0.3 is 0 Å². The van der Waals surface area contributed by atoms with Crippen LogP contribution in [-0.4, -0.2) is 87.4 Å². The Balaban J connectivity index is 1.19. The highest BCUT2D eigenvalue weighted by Crippen LogP contribution is 2.49. The summed E-state index contributed by atoms with van der Waals surface area (Å²) in [6, 6.07) is 7.52. The number of halogens is 2. The Morgan fingerprint density at radius 1 is 1.16 bits per heavy atom. The van der Waals surface area contributed by atoms with Crippen molar-refractivity contribution < 1.29 is 19.0 Å². The number of amides is 1. The molecule has 44 heavy (non-hydrogen) atoms. The van der Waals surface area contributed by atoms with Gasteiger partial charge in [0.15, 0.2) is 0 Å². The lowest BCUT2D eigenvalue weighted by molar-refractivity contribution is -0.129. The summed E-state index contributed by atoms with van der Waals surface area (Å²) in [6.07, 6.45) is 8.96. The number of phenolic OH excluding ortho intramolecular Hbond substituents is 1. The number of piperazine rings is 1. The standard InChI is InChI=1S/C34H37ClFN5O3/c1-2-32(43)41-22-6-7-23(41)18-39(17-22)30-13-31(44-19-34-8-3-9-40(34)16-21(36)14-34)38-29-12-28(37-15-26(29)30)25-10-24(42)11-27(35)33(25)20-4-5-20/h2,10-13,15,20-23,42H,1,3-9,14,16-19H2. The molecule has 5 fully saturated rings. The van der Waals surface area contributed by atoms with Crippen LogP contribution in [-0.2, 0) is 4.79 Å². The Kier molecular flexibility index (Phi) is 6.75. The number of nitrogens with zero attached hydrogens (tertiary/aromatic N) is 5. The quantitative estimate of drug-likeness (QED) is 0.333. The minimum Gasteiger partial charge on any atom is -0.508 e. The number of hydrogen-bond acceptors (Lipinski definition) is 7. The molecule has 1 N–H and O–H groups in total. The van der Waals surface area contributed by atoms with E-state index >= 15 is 0 Å². The molecule has 4 saturated heterocycles. The van der Waals surface area contributed by atoms with E-state index in [4.69, 9.17) is 26.3 Å². The summed E-state index contributed by atoms with van der Waals surface area (Å²) in [5, 5.41) is 11.9. The van der Waals surface area contributed by atoms with E-state index in [0.717, 1.165) is 72.8 Å². The molecule has 1 aromatic carbocycles. The Labute approximate surface area is 261 Å². The smallest absolute Gasteiger partial charge is 0.246 e. The third kappa shape index (κ3) is 4.70. The lowest BCUT2D eigenvalue weighted by Crippen LogP contribution is -2.55. The van der Waals surface area contributed by atoms with Gasteiger partial charge in [0, 0.05) is 66.4 Å². The Hall–Kier alpha value is -3.43. The van der Waals surface area contributed by atoms with Gasteiger partial charge < -0.3 is 19.6 Å². The van der Waals surface area contributed by atoms with Crippen LogP contribution in [0, 0.1) is 0 Å². The Bertz CT molecular complexity index is 1650. The Morgan fingerprint density at radius 2 is 1.95 bits per heavy atom. The van der Waals surface area contributed by atoms with Gasteiger partial charge in [-0.15, -0.1) is 0 Å². The molecule has 8 nitrogen and oxygen atoms in total. The lowest BCUT2D eigenvalue weighted by Gasteiger charge is -2.42. The van der Waals surface area contributed by atoms with Crippen molar-refractivity contribution in [2.24, 2.45) is 0 Å². The van der Waals surface area contributed by atoms with Gasteiger partial charge in [-0.1, -0.05) is 18.2 Å². The van der Waals surface area contributed by atoms with Gasteiger partial charge in [-0.25, -0.2) is 9.37 Å². The highest BCUT2D eigenvalue weighted by atomic mass is 35.5. The number of fused-ring (bicyclic) bond motifs is 4. The molecule has 0 spiro atoms. The molecule has 4 aliphatic heterocycles. The first kappa shape index (κ1) is 28.1.